The molecular formula is C10H21NO3S. The molecule has 1 amide bonds. The van der Waals surface area contributed by atoms with Gasteiger partial charge in [-0.3, -0.25) is 4.79 Å². The van der Waals surface area contributed by atoms with E-state index in [0.29, 0.717) is 19.0 Å². The number of carbonyl (C=O) groups excluding carboxylic acids is 1. The minimum Gasteiger partial charge on any atom is -0.394 e. The van der Waals surface area contributed by atoms with Crippen molar-refractivity contribution in [3.8, 4) is 0 Å². The molecule has 90 valence electrons. The monoisotopic (exact) mass is 235 g/mol. The second-order valence-corrected chi connectivity index (χ2v) is 5.29. The maximum atomic E-state index is 11.3. The van der Waals surface area contributed by atoms with Gasteiger partial charge in [0.05, 0.1) is 25.6 Å². The lowest BCUT2D eigenvalue weighted by Gasteiger charge is -2.20. The van der Waals surface area contributed by atoms with E-state index in [1.165, 1.54) is 11.8 Å². The molecule has 0 atom stereocenters. The van der Waals surface area contributed by atoms with Gasteiger partial charge in [-0.2, -0.15) is 0 Å². The zero-order valence-electron chi connectivity index (χ0n) is 9.71. The summed E-state index contributed by atoms with van der Waals surface area (Å²) in [6.45, 7) is 6.87. The molecule has 0 aliphatic heterocycles. The third kappa shape index (κ3) is 11.7. The molecule has 0 heterocycles. The molecule has 0 rings (SSSR count). The molecule has 5 heteroatoms. The molecule has 0 bridgehead atoms. The summed E-state index contributed by atoms with van der Waals surface area (Å²) in [7, 11) is 0. The van der Waals surface area contributed by atoms with Crippen LogP contribution in [-0.2, 0) is 9.53 Å². The summed E-state index contributed by atoms with van der Waals surface area (Å²) in [5, 5.41) is 11.3. The summed E-state index contributed by atoms with van der Waals surface area (Å²) in [5.41, 5.74) is -0.162. The zero-order valence-corrected chi connectivity index (χ0v) is 10.5. The molecule has 15 heavy (non-hydrogen) atoms. The number of ether oxygens (including phenoxy) is 1. The van der Waals surface area contributed by atoms with E-state index >= 15 is 0 Å². The Hall–Kier alpha value is -0.260. The Bertz CT molecular complexity index is 180. The maximum absolute atomic E-state index is 11.3. The topological polar surface area (TPSA) is 58.6 Å². The van der Waals surface area contributed by atoms with E-state index in [1.807, 2.05) is 20.8 Å². The Labute approximate surface area is 95.8 Å². The smallest absolute Gasteiger partial charge is 0.230 e. The van der Waals surface area contributed by atoms with Crippen LogP contribution in [0.15, 0.2) is 0 Å². The van der Waals surface area contributed by atoms with E-state index in [9.17, 15) is 4.79 Å². The van der Waals surface area contributed by atoms with Crippen molar-refractivity contribution >= 4 is 17.7 Å². The van der Waals surface area contributed by atoms with Gasteiger partial charge in [0, 0.05) is 11.3 Å². The largest absolute Gasteiger partial charge is 0.394 e. The summed E-state index contributed by atoms with van der Waals surface area (Å²) >= 11 is 1.53. The molecular weight excluding hydrogens is 214 g/mol. The minimum atomic E-state index is -0.162. The standard InChI is InChI=1S/C10H21NO3S/c1-10(2,3)11-9(13)8-15-7-6-14-5-4-12/h12H,4-8H2,1-3H3,(H,11,13). The fourth-order valence-electron chi connectivity index (χ4n) is 0.904. The van der Waals surface area contributed by atoms with Crippen LogP contribution >= 0.6 is 11.8 Å². The first-order valence-corrected chi connectivity index (χ1v) is 6.18. The summed E-state index contributed by atoms with van der Waals surface area (Å²) < 4.78 is 5.06. The highest BCUT2D eigenvalue weighted by molar-refractivity contribution is 7.99. The van der Waals surface area contributed by atoms with Crippen LogP contribution in [0.4, 0.5) is 0 Å². The molecule has 0 aliphatic rings. The van der Waals surface area contributed by atoms with Gasteiger partial charge < -0.3 is 15.2 Å². The Morgan fingerprint density at radius 3 is 2.60 bits per heavy atom. The summed E-state index contributed by atoms with van der Waals surface area (Å²) in [5.74, 6) is 1.28. The number of aliphatic hydroxyl groups is 1. The van der Waals surface area contributed by atoms with E-state index in [4.69, 9.17) is 9.84 Å². The SMILES string of the molecule is CC(C)(C)NC(=O)CSCCOCCO. The minimum absolute atomic E-state index is 0.0506. The molecule has 0 unspecified atom stereocenters. The molecule has 4 nitrogen and oxygen atoms in total. The number of rotatable bonds is 7. The van der Waals surface area contributed by atoms with Crippen molar-refractivity contribution in [2.75, 3.05) is 31.3 Å². The van der Waals surface area contributed by atoms with Crippen LogP contribution in [0.5, 0.6) is 0 Å². The average Bonchev–Trinajstić information content (AvgIpc) is 2.08. The average molecular weight is 235 g/mol. The van der Waals surface area contributed by atoms with Crippen molar-refractivity contribution in [2.45, 2.75) is 26.3 Å². The first-order chi connectivity index (χ1) is 6.95. The number of hydrogen-bond donors (Lipinski definition) is 2. The van der Waals surface area contributed by atoms with Gasteiger partial charge in [0.25, 0.3) is 0 Å². The molecule has 0 fully saturated rings. The molecule has 0 radical (unpaired) electrons. The van der Waals surface area contributed by atoms with Crippen molar-refractivity contribution in [1.82, 2.24) is 5.32 Å². The molecule has 0 saturated heterocycles. The van der Waals surface area contributed by atoms with Crippen molar-refractivity contribution in [2.24, 2.45) is 0 Å². The van der Waals surface area contributed by atoms with Gasteiger partial charge in [-0.1, -0.05) is 0 Å². The van der Waals surface area contributed by atoms with E-state index < -0.39 is 0 Å². The van der Waals surface area contributed by atoms with Crippen LogP contribution in [0.1, 0.15) is 20.8 Å². The summed E-state index contributed by atoms with van der Waals surface area (Å²) in [6.07, 6.45) is 0. The molecule has 2 N–H and O–H groups in total. The lowest BCUT2D eigenvalue weighted by Crippen LogP contribution is -2.41. The normalized spacial score (nSPS) is 11.5. The fraction of sp³-hybridized carbons (Fsp3) is 0.900. The molecule has 0 saturated carbocycles. The van der Waals surface area contributed by atoms with Crippen LogP contribution in [0.25, 0.3) is 0 Å². The second-order valence-electron chi connectivity index (χ2n) is 4.19. The molecule has 0 aromatic heterocycles. The summed E-state index contributed by atoms with van der Waals surface area (Å²) in [4.78, 5) is 11.3. The van der Waals surface area contributed by atoms with Gasteiger partial charge >= 0.3 is 0 Å². The number of carbonyl (C=O) groups is 1. The number of aliphatic hydroxyl groups excluding tert-OH is 1. The Kier molecular flexibility index (Phi) is 7.82. The quantitative estimate of drug-likeness (QED) is 0.636. The Balaban J connectivity index is 3.32. The number of hydrogen-bond acceptors (Lipinski definition) is 4. The highest BCUT2D eigenvalue weighted by Crippen LogP contribution is 2.03. The highest BCUT2D eigenvalue weighted by atomic mass is 32.2. The van der Waals surface area contributed by atoms with Crippen LogP contribution in [0, 0.1) is 0 Å². The van der Waals surface area contributed by atoms with Crippen LogP contribution in [0.2, 0.25) is 0 Å². The Morgan fingerprint density at radius 1 is 1.40 bits per heavy atom. The van der Waals surface area contributed by atoms with Gasteiger partial charge in [-0.05, 0) is 20.8 Å². The third-order valence-electron chi connectivity index (χ3n) is 1.36. The van der Waals surface area contributed by atoms with E-state index in [0.717, 1.165) is 5.75 Å². The second kappa shape index (κ2) is 7.96. The molecule has 0 aromatic carbocycles. The lowest BCUT2D eigenvalue weighted by molar-refractivity contribution is -0.119. The van der Waals surface area contributed by atoms with E-state index in [-0.39, 0.29) is 18.1 Å². The predicted octanol–water partition coefficient (Wildman–Crippen LogP) is 0.643. The fourth-order valence-corrected chi connectivity index (χ4v) is 1.54. The lowest BCUT2D eigenvalue weighted by atomic mass is 10.1. The number of amides is 1. The molecule has 0 aliphatic carbocycles. The maximum Gasteiger partial charge on any atom is 0.230 e. The van der Waals surface area contributed by atoms with Gasteiger partial charge in [0.15, 0.2) is 0 Å². The van der Waals surface area contributed by atoms with Crippen LogP contribution < -0.4 is 5.32 Å². The highest BCUT2D eigenvalue weighted by Gasteiger charge is 2.12. The first kappa shape index (κ1) is 14.7. The summed E-state index contributed by atoms with van der Waals surface area (Å²) in [6, 6.07) is 0. The van der Waals surface area contributed by atoms with Crippen molar-refractivity contribution in [3.63, 3.8) is 0 Å². The number of thioether (sulfide) groups is 1. The van der Waals surface area contributed by atoms with Gasteiger partial charge in [-0.15, -0.1) is 11.8 Å². The van der Waals surface area contributed by atoms with Crippen LogP contribution in [0.3, 0.4) is 0 Å². The van der Waals surface area contributed by atoms with Crippen molar-refractivity contribution in [3.05, 3.63) is 0 Å². The predicted molar refractivity (Wildman–Crippen MR) is 63.1 cm³/mol. The Morgan fingerprint density at radius 2 is 2.07 bits per heavy atom. The van der Waals surface area contributed by atoms with Crippen molar-refractivity contribution < 1.29 is 14.6 Å². The van der Waals surface area contributed by atoms with Gasteiger partial charge in [0.1, 0.15) is 0 Å². The zero-order chi connectivity index (χ0) is 11.7. The third-order valence-corrected chi connectivity index (χ3v) is 2.28. The van der Waals surface area contributed by atoms with E-state index in [1.54, 1.807) is 0 Å². The van der Waals surface area contributed by atoms with Crippen LogP contribution in [-0.4, -0.2) is 47.9 Å². The van der Waals surface area contributed by atoms with Gasteiger partial charge in [0.2, 0.25) is 5.91 Å². The number of nitrogens with one attached hydrogen (secondary N) is 1. The first-order valence-electron chi connectivity index (χ1n) is 5.03. The van der Waals surface area contributed by atoms with Crippen molar-refractivity contribution in [1.29, 1.82) is 0 Å². The molecule has 0 aromatic rings. The van der Waals surface area contributed by atoms with Gasteiger partial charge in [-0.25, -0.2) is 0 Å². The van der Waals surface area contributed by atoms with E-state index in [2.05, 4.69) is 5.32 Å². The molecule has 0 spiro atoms.